The number of benzene rings is 1. The molecule has 0 saturated carbocycles. The molecule has 0 bridgehead atoms. The van der Waals surface area contributed by atoms with E-state index in [4.69, 9.17) is 28.9 Å². The first-order chi connectivity index (χ1) is 9.34. The van der Waals surface area contributed by atoms with Gasteiger partial charge < -0.3 is 10.3 Å². The summed E-state index contributed by atoms with van der Waals surface area (Å²) in [5.41, 5.74) is 6.98. The van der Waals surface area contributed by atoms with E-state index in [2.05, 4.69) is 4.98 Å². The summed E-state index contributed by atoms with van der Waals surface area (Å²) in [6, 6.07) is 4.90. The SMILES string of the molecule is CC(Cl)c1nc2cccc(Cl)c2n1C(C(N)=O)C(C)C. The maximum atomic E-state index is 11.9. The topological polar surface area (TPSA) is 60.9 Å². The van der Waals surface area contributed by atoms with Gasteiger partial charge in [-0.3, -0.25) is 4.79 Å². The Morgan fingerprint density at radius 2 is 2.00 bits per heavy atom. The number of hydrogen-bond donors (Lipinski definition) is 1. The Morgan fingerprint density at radius 1 is 1.35 bits per heavy atom. The van der Waals surface area contributed by atoms with Gasteiger partial charge in [0.15, 0.2) is 0 Å². The number of nitrogens with zero attached hydrogens (tertiary/aromatic N) is 2. The molecule has 1 amide bonds. The minimum Gasteiger partial charge on any atom is -0.368 e. The number of rotatable bonds is 4. The number of carbonyl (C=O) groups excluding carboxylic acids is 1. The van der Waals surface area contributed by atoms with Crippen molar-refractivity contribution >= 4 is 40.1 Å². The molecule has 0 aliphatic carbocycles. The fourth-order valence-electron chi connectivity index (χ4n) is 2.44. The van der Waals surface area contributed by atoms with Gasteiger partial charge in [-0.15, -0.1) is 11.6 Å². The van der Waals surface area contributed by atoms with E-state index in [1.165, 1.54) is 0 Å². The Balaban J connectivity index is 2.83. The molecule has 1 heterocycles. The van der Waals surface area contributed by atoms with Crippen LogP contribution >= 0.6 is 23.2 Å². The molecule has 2 rings (SSSR count). The lowest BCUT2D eigenvalue weighted by Crippen LogP contribution is -2.31. The van der Waals surface area contributed by atoms with Crippen molar-refractivity contribution in [3.05, 3.63) is 29.0 Å². The Morgan fingerprint density at radius 3 is 2.50 bits per heavy atom. The molecule has 2 N–H and O–H groups in total. The van der Waals surface area contributed by atoms with Gasteiger partial charge in [0.2, 0.25) is 5.91 Å². The fourth-order valence-corrected chi connectivity index (χ4v) is 2.86. The van der Waals surface area contributed by atoms with Crippen LogP contribution in [0.1, 0.15) is 38.0 Å². The summed E-state index contributed by atoms with van der Waals surface area (Å²) in [5, 5.41) is 0.185. The quantitative estimate of drug-likeness (QED) is 0.875. The molecule has 4 nitrogen and oxygen atoms in total. The van der Waals surface area contributed by atoms with Crippen LogP contribution in [-0.2, 0) is 4.79 Å². The number of aromatic nitrogens is 2. The second kappa shape index (κ2) is 5.62. The lowest BCUT2D eigenvalue weighted by Gasteiger charge is -2.23. The number of para-hydroxylation sites is 1. The summed E-state index contributed by atoms with van der Waals surface area (Å²) >= 11 is 12.5. The monoisotopic (exact) mass is 313 g/mol. The normalized spacial score (nSPS) is 14.7. The molecule has 108 valence electrons. The van der Waals surface area contributed by atoms with E-state index >= 15 is 0 Å². The van der Waals surface area contributed by atoms with Crippen LogP contribution in [0.15, 0.2) is 18.2 Å². The van der Waals surface area contributed by atoms with E-state index in [9.17, 15) is 4.79 Å². The summed E-state index contributed by atoms with van der Waals surface area (Å²) < 4.78 is 1.78. The summed E-state index contributed by atoms with van der Waals surface area (Å²) in [4.78, 5) is 16.4. The Bertz CT molecular complexity index is 649. The predicted molar refractivity (Wildman–Crippen MR) is 82.1 cm³/mol. The smallest absolute Gasteiger partial charge is 0.240 e. The van der Waals surface area contributed by atoms with Gasteiger partial charge in [0, 0.05) is 0 Å². The summed E-state index contributed by atoms with van der Waals surface area (Å²) in [6.45, 7) is 5.67. The summed E-state index contributed by atoms with van der Waals surface area (Å²) in [5.74, 6) is 0.195. The van der Waals surface area contributed by atoms with Gasteiger partial charge in [0.25, 0.3) is 0 Å². The molecule has 20 heavy (non-hydrogen) atoms. The molecule has 2 atom stereocenters. The molecule has 0 spiro atoms. The molecular formula is C14H17Cl2N3O. The minimum absolute atomic E-state index is 0.00957. The Labute approximate surface area is 127 Å². The lowest BCUT2D eigenvalue weighted by atomic mass is 10.0. The van der Waals surface area contributed by atoms with Crippen molar-refractivity contribution in [1.82, 2.24) is 9.55 Å². The molecular weight excluding hydrogens is 297 g/mol. The predicted octanol–water partition coefficient (Wildman–Crippen LogP) is 3.67. The average Bonchev–Trinajstić information content (AvgIpc) is 2.69. The lowest BCUT2D eigenvalue weighted by molar-refractivity contribution is -0.122. The van der Waals surface area contributed by atoms with Crippen molar-refractivity contribution in [2.75, 3.05) is 0 Å². The van der Waals surface area contributed by atoms with Crippen LogP contribution in [0.25, 0.3) is 11.0 Å². The van der Waals surface area contributed by atoms with Crippen LogP contribution in [-0.4, -0.2) is 15.5 Å². The van der Waals surface area contributed by atoms with E-state index in [-0.39, 0.29) is 11.3 Å². The van der Waals surface area contributed by atoms with E-state index in [0.29, 0.717) is 21.9 Å². The maximum absolute atomic E-state index is 11.9. The summed E-state index contributed by atoms with van der Waals surface area (Å²) in [7, 11) is 0. The molecule has 0 aliphatic rings. The van der Waals surface area contributed by atoms with Crippen LogP contribution in [0.3, 0.4) is 0 Å². The maximum Gasteiger partial charge on any atom is 0.240 e. The van der Waals surface area contributed by atoms with Crippen LogP contribution in [0.5, 0.6) is 0 Å². The van der Waals surface area contributed by atoms with Gasteiger partial charge >= 0.3 is 0 Å². The minimum atomic E-state index is -0.531. The number of amides is 1. The zero-order valence-electron chi connectivity index (χ0n) is 11.6. The van der Waals surface area contributed by atoms with Crippen LogP contribution < -0.4 is 5.73 Å². The number of nitrogens with two attached hydrogens (primary N) is 1. The molecule has 0 fully saturated rings. The van der Waals surface area contributed by atoms with Crippen molar-refractivity contribution < 1.29 is 4.79 Å². The molecule has 0 aliphatic heterocycles. The summed E-state index contributed by atoms with van der Waals surface area (Å²) in [6.07, 6.45) is 0. The molecule has 1 aromatic carbocycles. The molecule has 6 heteroatoms. The van der Waals surface area contributed by atoms with Crippen LogP contribution in [0, 0.1) is 5.92 Å². The second-order valence-corrected chi connectivity index (χ2v) is 6.22. The third-order valence-electron chi connectivity index (χ3n) is 3.25. The van der Waals surface area contributed by atoms with E-state index in [1.54, 1.807) is 10.6 Å². The average molecular weight is 314 g/mol. The molecule has 1 aromatic heterocycles. The van der Waals surface area contributed by atoms with E-state index in [0.717, 1.165) is 0 Å². The van der Waals surface area contributed by atoms with Gasteiger partial charge in [0.1, 0.15) is 11.9 Å². The number of imidazole rings is 1. The Kier molecular flexibility index (Phi) is 4.25. The highest BCUT2D eigenvalue weighted by Gasteiger charge is 2.28. The zero-order chi connectivity index (χ0) is 15.0. The van der Waals surface area contributed by atoms with E-state index in [1.807, 2.05) is 32.9 Å². The number of carbonyl (C=O) groups is 1. The first kappa shape index (κ1) is 15.1. The van der Waals surface area contributed by atoms with Gasteiger partial charge in [0.05, 0.1) is 21.4 Å². The third kappa shape index (κ3) is 2.50. The van der Waals surface area contributed by atoms with Gasteiger partial charge in [-0.2, -0.15) is 0 Å². The van der Waals surface area contributed by atoms with Crippen LogP contribution in [0.4, 0.5) is 0 Å². The van der Waals surface area contributed by atoms with Crippen molar-refractivity contribution in [1.29, 1.82) is 0 Å². The number of primary amides is 1. The van der Waals surface area contributed by atoms with Crippen molar-refractivity contribution in [3.8, 4) is 0 Å². The molecule has 0 radical (unpaired) electrons. The fraction of sp³-hybridized carbons (Fsp3) is 0.429. The van der Waals surface area contributed by atoms with Crippen LogP contribution in [0.2, 0.25) is 5.02 Å². The zero-order valence-corrected chi connectivity index (χ0v) is 13.1. The van der Waals surface area contributed by atoms with Crippen molar-refractivity contribution in [3.63, 3.8) is 0 Å². The number of fused-ring (bicyclic) bond motifs is 1. The molecule has 0 saturated heterocycles. The largest absolute Gasteiger partial charge is 0.368 e. The Hall–Kier alpha value is -1.26. The highest BCUT2D eigenvalue weighted by Crippen LogP contribution is 2.34. The standard InChI is InChI=1S/C14H17Cl2N3O/c1-7(2)11(13(17)20)19-12-9(16)5-4-6-10(12)18-14(19)8(3)15/h4-8,11H,1-3H3,(H2,17,20). The van der Waals surface area contributed by atoms with Gasteiger partial charge in [-0.25, -0.2) is 4.98 Å². The highest BCUT2D eigenvalue weighted by atomic mass is 35.5. The first-order valence-corrected chi connectivity index (χ1v) is 7.25. The van der Waals surface area contributed by atoms with E-state index < -0.39 is 11.9 Å². The number of hydrogen-bond acceptors (Lipinski definition) is 2. The number of alkyl halides is 1. The number of halogens is 2. The molecule has 2 unspecified atom stereocenters. The molecule has 2 aromatic rings. The van der Waals surface area contributed by atoms with Gasteiger partial charge in [-0.1, -0.05) is 31.5 Å². The highest BCUT2D eigenvalue weighted by molar-refractivity contribution is 6.35. The van der Waals surface area contributed by atoms with Gasteiger partial charge in [-0.05, 0) is 25.0 Å². The van der Waals surface area contributed by atoms with Crippen molar-refractivity contribution in [2.45, 2.75) is 32.2 Å². The van der Waals surface area contributed by atoms with Crippen molar-refractivity contribution in [2.24, 2.45) is 11.7 Å². The third-order valence-corrected chi connectivity index (χ3v) is 3.75. The first-order valence-electron chi connectivity index (χ1n) is 6.44. The second-order valence-electron chi connectivity index (χ2n) is 5.15.